The molecule has 0 atom stereocenters. The first-order valence-corrected chi connectivity index (χ1v) is 6.72. The number of hydrogen-bond donors (Lipinski definition) is 4. The van der Waals surface area contributed by atoms with Crippen LogP contribution in [0.25, 0.3) is 0 Å². The van der Waals surface area contributed by atoms with Gasteiger partial charge >= 0.3 is 0 Å². The fourth-order valence-electron chi connectivity index (χ4n) is 2.11. The normalized spacial score (nSPS) is 14.4. The Morgan fingerprint density at radius 2 is 2.30 bits per heavy atom. The first-order chi connectivity index (χ1) is 9.75. The second-order valence-electron chi connectivity index (χ2n) is 4.97. The zero-order valence-corrected chi connectivity index (χ0v) is 11.0. The lowest BCUT2D eigenvalue weighted by molar-refractivity contribution is 0.0949. The molecule has 0 unspecified atom stereocenters. The third-order valence-corrected chi connectivity index (χ3v) is 3.37. The number of nitrogens with one attached hydrogen (secondary N) is 3. The van der Waals surface area contributed by atoms with Crippen LogP contribution in [0.15, 0.2) is 6.33 Å². The average molecular weight is 275 g/mol. The van der Waals surface area contributed by atoms with Gasteiger partial charge in [-0.25, -0.2) is 4.98 Å². The zero-order chi connectivity index (χ0) is 13.9. The molecule has 20 heavy (non-hydrogen) atoms. The molecule has 0 radical (unpaired) electrons. The Morgan fingerprint density at radius 3 is 3.00 bits per heavy atom. The van der Waals surface area contributed by atoms with Crippen molar-refractivity contribution in [1.82, 2.24) is 30.7 Å². The van der Waals surface area contributed by atoms with Gasteiger partial charge < -0.3 is 11.1 Å². The second-order valence-corrected chi connectivity index (χ2v) is 4.97. The molecular weight excluding hydrogens is 258 g/mol. The summed E-state index contributed by atoms with van der Waals surface area (Å²) in [5.41, 5.74) is 7.63. The number of aromatic nitrogens is 5. The molecule has 1 aliphatic rings. The second kappa shape index (κ2) is 5.32. The molecule has 2 aromatic rings. The Hall–Kier alpha value is -2.38. The van der Waals surface area contributed by atoms with Gasteiger partial charge in [0.05, 0.1) is 11.4 Å². The lowest BCUT2D eigenvalue weighted by atomic mass is 10.2. The third kappa shape index (κ3) is 2.63. The average Bonchev–Trinajstić information content (AvgIpc) is 3.00. The van der Waals surface area contributed by atoms with Crippen LogP contribution in [0, 0.1) is 0 Å². The van der Waals surface area contributed by atoms with E-state index in [1.807, 2.05) is 0 Å². The number of anilines is 1. The minimum Gasteiger partial charge on any atom is -0.395 e. The molecule has 8 nitrogen and oxygen atoms in total. The minimum atomic E-state index is -0.233. The van der Waals surface area contributed by atoms with Crippen molar-refractivity contribution in [2.45, 2.75) is 31.6 Å². The molecule has 1 saturated carbocycles. The van der Waals surface area contributed by atoms with Gasteiger partial charge in [0.25, 0.3) is 5.91 Å². The van der Waals surface area contributed by atoms with Crippen LogP contribution in [0.5, 0.6) is 0 Å². The fraction of sp³-hybridized carbons (Fsp3) is 0.500. The van der Waals surface area contributed by atoms with Gasteiger partial charge in [0.2, 0.25) is 0 Å². The van der Waals surface area contributed by atoms with E-state index in [2.05, 4.69) is 30.7 Å². The Bertz CT molecular complexity index is 585. The number of rotatable bonds is 6. The van der Waals surface area contributed by atoms with Crippen molar-refractivity contribution in [1.29, 1.82) is 0 Å². The maximum Gasteiger partial charge on any atom is 0.273 e. The summed E-state index contributed by atoms with van der Waals surface area (Å²) in [4.78, 5) is 16.0. The predicted octanol–water partition coefficient (Wildman–Crippen LogP) is 0.350. The van der Waals surface area contributed by atoms with Crippen LogP contribution < -0.4 is 11.1 Å². The lowest BCUT2D eigenvalue weighted by Gasteiger charge is -2.03. The molecule has 0 saturated heterocycles. The SMILES string of the molecule is Nc1c(C(=O)NCCCc2ncn[nH]2)n[nH]c1C1CC1. The molecular formula is C12H17N7O. The molecule has 0 aliphatic heterocycles. The van der Waals surface area contributed by atoms with Crippen molar-refractivity contribution in [3.05, 3.63) is 23.5 Å². The molecule has 1 aliphatic carbocycles. The molecule has 2 aromatic heterocycles. The van der Waals surface area contributed by atoms with Gasteiger partial charge in [-0.2, -0.15) is 10.2 Å². The van der Waals surface area contributed by atoms with E-state index in [0.717, 1.165) is 37.2 Å². The van der Waals surface area contributed by atoms with E-state index in [1.165, 1.54) is 6.33 Å². The molecule has 8 heteroatoms. The number of aromatic amines is 2. The summed E-state index contributed by atoms with van der Waals surface area (Å²) in [6.45, 7) is 0.546. The Labute approximate surface area is 115 Å². The number of aryl methyl sites for hydroxylation is 1. The molecule has 2 heterocycles. The number of nitrogens with zero attached hydrogens (tertiary/aromatic N) is 3. The highest BCUT2D eigenvalue weighted by Crippen LogP contribution is 2.42. The molecule has 0 aromatic carbocycles. The van der Waals surface area contributed by atoms with E-state index in [9.17, 15) is 4.79 Å². The topological polar surface area (TPSA) is 125 Å². The van der Waals surface area contributed by atoms with E-state index in [-0.39, 0.29) is 5.91 Å². The molecule has 3 rings (SSSR count). The van der Waals surface area contributed by atoms with E-state index in [4.69, 9.17) is 5.73 Å². The first-order valence-electron chi connectivity index (χ1n) is 6.72. The monoisotopic (exact) mass is 275 g/mol. The minimum absolute atomic E-state index is 0.233. The third-order valence-electron chi connectivity index (χ3n) is 3.37. The zero-order valence-electron chi connectivity index (χ0n) is 11.0. The van der Waals surface area contributed by atoms with Crippen molar-refractivity contribution in [2.24, 2.45) is 0 Å². The summed E-state index contributed by atoms with van der Waals surface area (Å²) < 4.78 is 0. The van der Waals surface area contributed by atoms with Crippen molar-refractivity contribution in [2.75, 3.05) is 12.3 Å². The largest absolute Gasteiger partial charge is 0.395 e. The Morgan fingerprint density at radius 1 is 1.45 bits per heavy atom. The molecule has 0 bridgehead atoms. The molecule has 0 spiro atoms. The number of H-pyrrole nitrogens is 2. The molecule has 1 fully saturated rings. The van der Waals surface area contributed by atoms with E-state index in [0.29, 0.717) is 23.8 Å². The van der Waals surface area contributed by atoms with Crippen molar-refractivity contribution in [3.63, 3.8) is 0 Å². The van der Waals surface area contributed by atoms with Gasteiger partial charge in [-0.15, -0.1) is 0 Å². The van der Waals surface area contributed by atoms with Crippen LogP contribution in [0.1, 0.15) is 47.2 Å². The molecule has 5 N–H and O–H groups in total. The van der Waals surface area contributed by atoms with Crippen molar-refractivity contribution < 1.29 is 4.79 Å². The number of amides is 1. The predicted molar refractivity (Wildman–Crippen MR) is 72.0 cm³/mol. The number of hydrogen-bond acceptors (Lipinski definition) is 5. The lowest BCUT2D eigenvalue weighted by Crippen LogP contribution is -2.26. The van der Waals surface area contributed by atoms with Gasteiger partial charge in [-0.05, 0) is 19.3 Å². The van der Waals surface area contributed by atoms with Crippen LogP contribution in [-0.2, 0) is 6.42 Å². The van der Waals surface area contributed by atoms with Crippen LogP contribution in [0.4, 0.5) is 5.69 Å². The highest BCUT2D eigenvalue weighted by atomic mass is 16.1. The highest BCUT2D eigenvalue weighted by molar-refractivity contribution is 5.97. The standard InChI is InChI=1S/C12H17N7O/c13-9-10(7-3-4-7)18-19-11(9)12(20)14-5-1-2-8-15-6-16-17-8/h6-7H,1-5,13H2,(H,14,20)(H,18,19)(H,15,16,17). The van der Waals surface area contributed by atoms with Crippen LogP contribution in [-0.4, -0.2) is 37.8 Å². The smallest absolute Gasteiger partial charge is 0.273 e. The van der Waals surface area contributed by atoms with Gasteiger partial charge in [-0.1, -0.05) is 0 Å². The van der Waals surface area contributed by atoms with Crippen molar-refractivity contribution in [3.8, 4) is 0 Å². The quantitative estimate of drug-likeness (QED) is 0.566. The van der Waals surface area contributed by atoms with Gasteiger partial charge in [0, 0.05) is 18.9 Å². The van der Waals surface area contributed by atoms with Crippen molar-refractivity contribution >= 4 is 11.6 Å². The maximum absolute atomic E-state index is 12.0. The molecule has 1 amide bonds. The van der Waals surface area contributed by atoms with Gasteiger partial charge in [-0.3, -0.25) is 15.0 Å². The Kier molecular flexibility index (Phi) is 3.36. The molecule has 106 valence electrons. The van der Waals surface area contributed by atoms with Crippen LogP contribution in [0.3, 0.4) is 0 Å². The van der Waals surface area contributed by atoms with Gasteiger partial charge in [0.15, 0.2) is 5.69 Å². The Balaban J connectivity index is 1.49. The highest BCUT2D eigenvalue weighted by Gasteiger charge is 2.30. The fourth-order valence-corrected chi connectivity index (χ4v) is 2.11. The first kappa shape index (κ1) is 12.6. The van der Waals surface area contributed by atoms with E-state index >= 15 is 0 Å². The maximum atomic E-state index is 12.0. The summed E-state index contributed by atoms with van der Waals surface area (Å²) in [6.07, 6.45) is 5.22. The summed E-state index contributed by atoms with van der Waals surface area (Å²) in [5.74, 6) is 1.04. The summed E-state index contributed by atoms with van der Waals surface area (Å²) >= 11 is 0. The number of carbonyl (C=O) groups excluding carboxylic acids is 1. The van der Waals surface area contributed by atoms with Crippen LogP contribution >= 0.6 is 0 Å². The van der Waals surface area contributed by atoms with E-state index < -0.39 is 0 Å². The number of carbonyl (C=O) groups is 1. The summed E-state index contributed by atoms with van der Waals surface area (Å²) in [7, 11) is 0. The summed E-state index contributed by atoms with van der Waals surface area (Å²) in [6, 6.07) is 0. The van der Waals surface area contributed by atoms with Crippen LogP contribution in [0.2, 0.25) is 0 Å². The van der Waals surface area contributed by atoms with E-state index in [1.54, 1.807) is 0 Å². The summed E-state index contributed by atoms with van der Waals surface area (Å²) in [5, 5.41) is 16.2. The van der Waals surface area contributed by atoms with Gasteiger partial charge in [0.1, 0.15) is 12.2 Å². The number of nitrogens with two attached hydrogens (primary N) is 1. The number of nitrogen functional groups attached to an aromatic ring is 1.